The number of esters is 1. The summed E-state index contributed by atoms with van der Waals surface area (Å²) in [5.74, 6) is -0.759. The van der Waals surface area contributed by atoms with Gasteiger partial charge in [-0.05, 0) is 36.8 Å². The first-order valence-electron chi connectivity index (χ1n) is 8.27. The molecule has 1 N–H and O–H groups in total. The molecule has 8 heteroatoms. The Balaban J connectivity index is 1.81. The largest absolute Gasteiger partial charge is 0.507 e. The molecule has 0 saturated carbocycles. The second kappa shape index (κ2) is 8.03. The van der Waals surface area contributed by atoms with Crippen LogP contribution in [0.4, 0.5) is 0 Å². The molecule has 0 aliphatic rings. The maximum Gasteiger partial charge on any atom is 0.343 e. The number of ether oxygens (including phenoxy) is 1. The molecule has 0 fully saturated rings. The van der Waals surface area contributed by atoms with Crippen molar-refractivity contribution in [2.75, 3.05) is 0 Å². The van der Waals surface area contributed by atoms with E-state index in [0.29, 0.717) is 16.5 Å². The summed E-state index contributed by atoms with van der Waals surface area (Å²) in [5, 5.41) is 10.9. The molecule has 0 spiro atoms. The molecule has 5 nitrogen and oxygen atoms in total. The van der Waals surface area contributed by atoms with Crippen LogP contribution >= 0.6 is 34.8 Å². The fraction of sp³-hybridized carbons (Fsp3) is 0.200. The molecule has 1 heterocycles. The minimum atomic E-state index is -1.72. The molecule has 1 atom stereocenters. The molecule has 1 aromatic heterocycles. The van der Waals surface area contributed by atoms with E-state index < -0.39 is 21.5 Å². The minimum absolute atomic E-state index is 0.119. The quantitative estimate of drug-likeness (QED) is 0.350. The van der Waals surface area contributed by atoms with Crippen LogP contribution in [0.5, 0.6) is 5.75 Å². The van der Waals surface area contributed by atoms with E-state index in [-0.39, 0.29) is 23.3 Å². The van der Waals surface area contributed by atoms with Gasteiger partial charge < -0.3 is 14.3 Å². The molecule has 0 saturated heterocycles. The molecule has 3 aromatic rings. The monoisotopic (exact) mass is 440 g/mol. The highest BCUT2D eigenvalue weighted by Gasteiger charge is 2.32. The lowest BCUT2D eigenvalue weighted by Crippen LogP contribution is -2.28. The van der Waals surface area contributed by atoms with Gasteiger partial charge in [0.2, 0.25) is 3.79 Å². The van der Waals surface area contributed by atoms with E-state index in [9.17, 15) is 14.7 Å². The van der Waals surface area contributed by atoms with E-state index in [1.54, 1.807) is 36.4 Å². The SMILES string of the molecule is C[C@@H](OC(=O)c1ccc(Cc2c(O)c3ccccc3oc2=O)cc1)C(Cl)(Cl)Cl. The zero-order chi connectivity index (χ0) is 20.5. The maximum absolute atomic E-state index is 12.2. The number of rotatable bonds is 4. The highest BCUT2D eigenvalue weighted by atomic mass is 35.6. The first-order chi connectivity index (χ1) is 13.2. The Morgan fingerprint density at radius 2 is 1.79 bits per heavy atom. The minimum Gasteiger partial charge on any atom is -0.507 e. The smallest absolute Gasteiger partial charge is 0.343 e. The predicted molar refractivity (Wildman–Crippen MR) is 109 cm³/mol. The van der Waals surface area contributed by atoms with Gasteiger partial charge in [0.05, 0.1) is 16.5 Å². The van der Waals surface area contributed by atoms with Crippen molar-refractivity contribution in [3.63, 3.8) is 0 Å². The van der Waals surface area contributed by atoms with Crippen LogP contribution in [-0.4, -0.2) is 21.0 Å². The molecule has 0 aliphatic carbocycles. The van der Waals surface area contributed by atoms with Crippen LogP contribution in [0, 0.1) is 0 Å². The topological polar surface area (TPSA) is 76.7 Å². The van der Waals surface area contributed by atoms with Gasteiger partial charge in [-0.1, -0.05) is 59.1 Å². The van der Waals surface area contributed by atoms with E-state index >= 15 is 0 Å². The number of para-hydroxylation sites is 1. The van der Waals surface area contributed by atoms with Crippen LogP contribution in [0.1, 0.15) is 28.4 Å². The number of halogens is 3. The van der Waals surface area contributed by atoms with Gasteiger partial charge in [0, 0.05) is 6.42 Å². The predicted octanol–water partition coefficient (Wildman–Crippen LogP) is 5.00. The summed E-state index contributed by atoms with van der Waals surface area (Å²) in [6.45, 7) is 1.47. The van der Waals surface area contributed by atoms with Crippen LogP contribution in [0.15, 0.2) is 57.7 Å². The second-order valence-corrected chi connectivity index (χ2v) is 8.54. The Morgan fingerprint density at radius 3 is 2.43 bits per heavy atom. The average molecular weight is 442 g/mol. The maximum atomic E-state index is 12.2. The summed E-state index contributed by atoms with van der Waals surface area (Å²) in [6, 6.07) is 13.1. The number of carbonyl (C=O) groups excluding carboxylic acids is 1. The zero-order valence-corrected chi connectivity index (χ0v) is 16.9. The van der Waals surface area contributed by atoms with Gasteiger partial charge in [-0.25, -0.2) is 9.59 Å². The first-order valence-corrected chi connectivity index (χ1v) is 9.40. The van der Waals surface area contributed by atoms with Crippen molar-refractivity contribution in [1.29, 1.82) is 0 Å². The molecule has 0 aliphatic heterocycles. The number of fused-ring (bicyclic) bond motifs is 1. The molecular formula is C20H15Cl3O5. The normalized spacial score (nSPS) is 12.7. The number of aromatic hydroxyl groups is 1. The Kier molecular flexibility index (Phi) is 5.89. The molecule has 0 radical (unpaired) electrons. The van der Waals surface area contributed by atoms with Gasteiger partial charge in [-0.15, -0.1) is 0 Å². The second-order valence-electron chi connectivity index (χ2n) is 6.18. The van der Waals surface area contributed by atoms with E-state index in [4.69, 9.17) is 44.0 Å². The van der Waals surface area contributed by atoms with E-state index in [0.717, 1.165) is 0 Å². The van der Waals surface area contributed by atoms with Crippen LogP contribution in [-0.2, 0) is 11.2 Å². The molecule has 146 valence electrons. The summed E-state index contributed by atoms with van der Waals surface area (Å²) in [4.78, 5) is 24.3. The highest BCUT2D eigenvalue weighted by Crippen LogP contribution is 2.32. The lowest BCUT2D eigenvalue weighted by atomic mass is 10.0. The van der Waals surface area contributed by atoms with Crippen molar-refractivity contribution in [2.45, 2.75) is 23.2 Å². The summed E-state index contributed by atoms with van der Waals surface area (Å²) < 4.78 is 8.64. The van der Waals surface area contributed by atoms with Gasteiger partial charge in [-0.3, -0.25) is 0 Å². The molecule has 3 rings (SSSR count). The first kappa shape index (κ1) is 20.5. The number of carbonyl (C=O) groups is 1. The molecule has 0 amide bonds. The highest BCUT2D eigenvalue weighted by molar-refractivity contribution is 6.68. The van der Waals surface area contributed by atoms with Gasteiger partial charge in [0.15, 0.2) is 0 Å². The van der Waals surface area contributed by atoms with E-state index in [1.807, 2.05) is 0 Å². The van der Waals surface area contributed by atoms with Crippen molar-refractivity contribution in [2.24, 2.45) is 0 Å². The van der Waals surface area contributed by atoms with Crippen molar-refractivity contribution >= 4 is 51.7 Å². The van der Waals surface area contributed by atoms with Crippen molar-refractivity contribution in [3.05, 3.63) is 75.6 Å². The Bertz CT molecular complexity index is 1070. The molecular weight excluding hydrogens is 427 g/mol. The summed E-state index contributed by atoms with van der Waals surface area (Å²) in [5.41, 5.74) is 0.799. The third-order valence-electron chi connectivity index (χ3n) is 4.19. The van der Waals surface area contributed by atoms with Gasteiger partial charge in [-0.2, -0.15) is 0 Å². The average Bonchev–Trinajstić information content (AvgIpc) is 2.64. The summed E-state index contributed by atoms with van der Waals surface area (Å²) >= 11 is 17.1. The zero-order valence-electron chi connectivity index (χ0n) is 14.6. The molecule has 0 bridgehead atoms. The number of benzene rings is 2. The number of hydrogen-bond donors (Lipinski definition) is 1. The molecule has 0 unspecified atom stereocenters. The third-order valence-corrected chi connectivity index (χ3v) is 5.11. The fourth-order valence-electron chi connectivity index (χ4n) is 2.59. The Hall–Kier alpha value is -2.21. The van der Waals surface area contributed by atoms with Crippen LogP contribution < -0.4 is 5.63 Å². The lowest BCUT2D eigenvalue weighted by molar-refractivity contribution is 0.0349. The van der Waals surface area contributed by atoms with E-state index in [1.165, 1.54) is 19.1 Å². The summed E-state index contributed by atoms with van der Waals surface area (Å²) in [6.07, 6.45) is -0.789. The van der Waals surface area contributed by atoms with Gasteiger partial charge in [0.1, 0.15) is 17.4 Å². The number of hydrogen-bond acceptors (Lipinski definition) is 5. The summed E-state index contributed by atoms with van der Waals surface area (Å²) in [7, 11) is 0. The fourth-order valence-corrected chi connectivity index (χ4v) is 2.72. The Morgan fingerprint density at radius 1 is 1.14 bits per heavy atom. The van der Waals surface area contributed by atoms with E-state index in [2.05, 4.69) is 0 Å². The van der Waals surface area contributed by atoms with Gasteiger partial charge in [0.25, 0.3) is 0 Å². The lowest BCUT2D eigenvalue weighted by Gasteiger charge is -2.20. The van der Waals surface area contributed by atoms with Crippen molar-refractivity contribution in [3.8, 4) is 5.75 Å². The van der Waals surface area contributed by atoms with Crippen LogP contribution in [0.2, 0.25) is 0 Å². The van der Waals surface area contributed by atoms with Crippen molar-refractivity contribution < 1.29 is 19.1 Å². The molecule has 2 aromatic carbocycles. The van der Waals surface area contributed by atoms with Crippen molar-refractivity contribution in [1.82, 2.24) is 0 Å². The van der Waals surface area contributed by atoms with Gasteiger partial charge >= 0.3 is 11.6 Å². The van der Waals surface area contributed by atoms with Crippen LogP contribution in [0.3, 0.4) is 0 Å². The third kappa shape index (κ3) is 4.43. The Labute approximate surface area is 175 Å². The molecule has 28 heavy (non-hydrogen) atoms. The van der Waals surface area contributed by atoms with Crippen LogP contribution in [0.25, 0.3) is 11.0 Å². The number of alkyl halides is 3. The standard InChI is InChI=1S/C20H15Cl3O5/c1-11(20(21,22)23)27-18(25)13-8-6-12(7-9-13)10-15-17(24)14-4-2-3-5-16(14)28-19(15)26/h2-9,11,24H,10H2,1H3/t11-/m1/s1.